The second kappa shape index (κ2) is 3.74. The largest absolute Gasteiger partial charge is 0.314 e. The van der Waals surface area contributed by atoms with Gasteiger partial charge in [-0.3, -0.25) is 4.90 Å². The summed E-state index contributed by atoms with van der Waals surface area (Å²) in [7, 11) is 2.17. The smallest absolute Gasteiger partial charge is 0.107 e. The summed E-state index contributed by atoms with van der Waals surface area (Å²) in [6.07, 6.45) is 0. The van der Waals surface area contributed by atoms with Gasteiger partial charge in [0.05, 0.1) is 6.54 Å². The Kier molecular flexibility index (Phi) is 2.62. The van der Waals surface area contributed by atoms with E-state index in [0.717, 1.165) is 25.3 Å². The number of aryl methyl sites for hydroxylation is 1. The van der Waals surface area contributed by atoms with E-state index in [4.69, 9.17) is 0 Å². The van der Waals surface area contributed by atoms with Crippen LogP contribution in [0.1, 0.15) is 10.7 Å². The lowest BCUT2D eigenvalue weighted by Crippen LogP contribution is -2.55. The third-order valence-electron chi connectivity index (χ3n) is 2.43. The number of hydrogen-bond acceptors (Lipinski definition) is 4. The van der Waals surface area contributed by atoms with E-state index >= 15 is 0 Å². The van der Waals surface area contributed by atoms with Crippen LogP contribution in [0.25, 0.3) is 0 Å². The van der Waals surface area contributed by atoms with Gasteiger partial charge in [0.2, 0.25) is 0 Å². The number of hydrogen-bond donors (Lipinski definition) is 1. The molecule has 1 aliphatic rings. The Labute approximate surface area is 82.8 Å². The van der Waals surface area contributed by atoms with Gasteiger partial charge >= 0.3 is 0 Å². The standard InChI is InChI=1S/C9H15N3S/c1-7-6-13-9(11-7)5-12(2)8-3-10-4-8/h6,8,10H,3-5H2,1-2H3. The molecule has 1 aromatic heterocycles. The van der Waals surface area contributed by atoms with Crippen molar-refractivity contribution < 1.29 is 0 Å². The first-order valence-electron chi connectivity index (χ1n) is 4.57. The molecule has 1 aromatic rings. The quantitative estimate of drug-likeness (QED) is 0.779. The summed E-state index contributed by atoms with van der Waals surface area (Å²) < 4.78 is 0. The molecule has 2 rings (SSSR count). The molecule has 1 aliphatic heterocycles. The molecule has 1 saturated heterocycles. The molecule has 0 spiro atoms. The summed E-state index contributed by atoms with van der Waals surface area (Å²) in [6, 6.07) is 0.712. The van der Waals surface area contributed by atoms with Crippen molar-refractivity contribution in [2.75, 3.05) is 20.1 Å². The third kappa shape index (κ3) is 2.07. The SMILES string of the molecule is Cc1csc(CN(C)C2CNC2)n1. The van der Waals surface area contributed by atoms with E-state index in [9.17, 15) is 0 Å². The summed E-state index contributed by atoms with van der Waals surface area (Å²) in [5.74, 6) is 0. The Balaban J connectivity index is 1.89. The molecule has 0 radical (unpaired) electrons. The maximum Gasteiger partial charge on any atom is 0.107 e. The Morgan fingerprint density at radius 3 is 2.92 bits per heavy atom. The van der Waals surface area contributed by atoms with Crippen LogP contribution in [0.2, 0.25) is 0 Å². The minimum absolute atomic E-state index is 0.712. The van der Waals surface area contributed by atoms with E-state index in [-0.39, 0.29) is 0 Å². The molecule has 0 saturated carbocycles. The van der Waals surface area contributed by atoms with Crippen LogP contribution in [0.3, 0.4) is 0 Å². The number of nitrogens with one attached hydrogen (secondary N) is 1. The zero-order valence-corrected chi connectivity index (χ0v) is 8.90. The van der Waals surface area contributed by atoms with Gasteiger partial charge in [0.25, 0.3) is 0 Å². The number of nitrogens with zero attached hydrogens (tertiary/aromatic N) is 2. The van der Waals surface area contributed by atoms with Crippen LogP contribution < -0.4 is 5.32 Å². The number of thiazole rings is 1. The van der Waals surface area contributed by atoms with Crippen molar-refractivity contribution >= 4 is 11.3 Å². The first-order valence-corrected chi connectivity index (χ1v) is 5.45. The van der Waals surface area contributed by atoms with Crippen molar-refractivity contribution in [2.24, 2.45) is 0 Å². The number of likely N-dealkylation sites (N-methyl/N-ethyl adjacent to an activating group) is 1. The minimum Gasteiger partial charge on any atom is -0.314 e. The van der Waals surface area contributed by atoms with Gasteiger partial charge in [-0.25, -0.2) is 4.98 Å². The lowest BCUT2D eigenvalue weighted by molar-refractivity contribution is 0.173. The fraction of sp³-hybridized carbons (Fsp3) is 0.667. The number of aromatic nitrogens is 1. The van der Waals surface area contributed by atoms with E-state index in [0.29, 0.717) is 6.04 Å². The lowest BCUT2D eigenvalue weighted by Gasteiger charge is -2.35. The predicted molar refractivity (Wildman–Crippen MR) is 55.0 cm³/mol. The Hall–Kier alpha value is -0.450. The molecule has 72 valence electrons. The second-order valence-corrected chi connectivity index (χ2v) is 4.55. The van der Waals surface area contributed by atoms with Crippen molar-refractivity contribution in [2.45, 2.75) is 19.5 Å². The van der Waals surface area contributed by atoms with Crippen molar-refractivity contribution in [3.63, 3.8) is 0 Å². The van der Waals surface area contributed by atoms with Crippen LogP contribution in [0.5, 0.6) is 0 Å². The van der Waals surface area contributed by atoms with Crippen molar-refractivity contribution in [1.29, 1.82) is 0 Å². The van der Waals surface area contributed by atoms with Crippen LogP contribution in [0.4, 0.5) is 0 Å². The average Bonchev–Trinajstić information content (AvgIpc) is 2.31. The van der Waals surface area contributed by atoms with Gasteiger partial charge in [0.1, 0.15) is 5.01 Å². The van der Waals surface area contributed by atoms with Gasteiger partial charge < -0.3 is 5.32 Å². The van der Waals surface area contributed by atoms with Gasteiger partial charge in [-0.2, -0.15) is 0 Å². The van der Waals surface area contributed by atoms with Crippen molar-refractivity contribution in [3.8, 4) is 0 Å². The van der Waals surface area contributed by atoms with E-state index in [2.05, 4.69) is 27.6 Å². The molecule has 1 N–H and O–H groups in total. The summed E-state index contributed by atoms with van der Waals surface area (Å²) in [5, 5.41) is 6.62. The normalized spacial score (nSPS) is 17.8. The number of rotatable bonds is 3. The zero-order valence-electron chi connectivity index (χ0n) is 8.08. The highest BCUT2D eigenvalue weighted by atomic mass is 32.1. The van der Waals surface area contributed by atoms with Crippen molar-refractivity contribution in [1.82, 2.24) is 15.2 Å². The highest BCUT2D eigenvalue weighted by Crippen LogP contribution is 2.13. The molecule has 0 aliphatic carbocycles. The topological polar surface area (TPSA) is 28.2 Å². The first-order chi connectivity index (χ1) is 6.25. The molecule has 0 unspecified atom stereocenters. The van der Waals surface area contributed by atoms with Crippen LogP contribution in [0.15, 0.2) is 5.38 Å². The molecule has 4 heteroatoms. The highest BCUT2D eigenvalue weighted by molar-refractivity contribution is 7.09. The van der Waals surface area contributed by atoms with E-state index in [1.54, 1.807) is 11.3 Å². The zero-order chi connectivity index (χ0) is 9.26. The summed E-state index contributed by atoms with van der Waals surface area (Å²) in [6.45, 7) is 5.29. The average molecular weight is 197 g/mol. The van der Waals surface area contributed by atoms with Gasteiger partial charge in [-0.15, -0.1) is 11.3 Å². The maximum atomic E-state index is 4.45. The molecule has 0 bridgehead atoms. The molecule has 1 fully saturated rings. The Morgan fingerprint density at radius 1 is 1.69 bits per heavy atom. The summed E-state index contributed by atoms with van der Waals surface area (Å²) in [4.78, 5) is 6.82. The fourth-order valence-electron chi connectivity index (χ4n) is 1.40. The molecule has 0 atom stereocenters. The van der Waals surface area contributed by atoms with Crippen molar-refractivity contribution in [3.05, 3.63) is 16.1 Å². The van der Waals surface area contributed by atoms with Crippen LogP contribution in [0, 0.1) is 6.92 Å². The summed E-state index contributed by atoms with van der Waals surface area (Å²) >= 11 is 1.76. The first kappa shape index (κ1) is 9.12. The van der Waals surface area contributed by atoms with Crippen LogP contribution in [-0.4, -0.2) is 36.1 Å². The molecular formula is C9H15N3S. The molecule has 2 heterocycles. The van der Waals surface area contributed by atoms with Gasteiger partial charge in [0.15, 0.2) is 0 Å². The Bertz CT molecular complexity index is 280. The predicted octanol–water partition coefficient (Wildman–Crippen LogP) is 0.855. The molecule has 0 amide bonds. The van der Waals surface area contributed by atoms with Gasteiger partial charge in [-0.05, 0) is 14.0 Å². The van der Waals surface area contributed by atoms with E-state index < -0.39 is 0 Å². The monoisotopic (exact) mass is 197 g/mol. The Morgan fingerprint density at radius 2 is 2.46 bits per heavy atom. The molecule has 3 nitrogen and oxygen atoms in total. The van der Waals surface area contributed by atoms with Gasteiger partial charge in [-0.1, -0.05) is 0 Å². The summed E-state index contributed by atoms with van der Waals surface area (Å²) in [5.41, 5.74) is 1.14. The van der Waals surface area contributed by atoms with E-state index in [1.165, 1.54) is 5.01 Å². The van der Waals surface area contributed by atoms with Crippen LogP contribution >= 0.6 is 11.3 Å². The molecule has 13 heavy (non-hydrogen) atoms. The molecular weight excluding hydrogens is 182 g/mol. The van der Waals surface area contributed by atoms with Crippen LogP contribution in [-0.2, 0) is 6.54 Å². The fourth-order valence-corrected chi connectivity index (χ4v) is 2.24. The second-order valence-electron chi connectivity index (χ2n) is 3.61. The van der Waals surface area contributed by atoms with E-state index in [1.807, 2.05) is 6.92 Å². The minimum atomic E-state index is 0.712. The lowest BCUT2D eigenvalue weighted by atomic mass is 10.1. The third-order valence-corrected chi connectivity index (χ3v) is 3.39. The van der Waals surface area contributed by atoms with Gasteiger partial charge in [0, 0.05) is 30.2 Å². The maximum absolute atomic E-state index is 4.45. The highest BCUT2D eigenvalue weighted by Gasteiger charge is 2.21. The molecule has 0 aromatic carbocycles.